The predicted octanol–water partition coefficient (Wildman–Crippen LogP) is 3.19. The molecule has 150 valence electrons. The molecule has 1 amide bonds. The second-order valence-corrected chi connectivity index (χ2v) is 7.32. The van der Waals surface area contributed by atoms with Crippen LogP contribution < -0.4 is 15.0 Å². The number of amides is 1. The van der Waals surface area contributed by atoms with Crippen LogP contribution in [-0.2, 0) is 0 Å². The summed E-state index contributed by atoms with van der Waals surface area (Å²) in [5.74, 6) is 1.64. The van der Waals surface area contributed by atoms with Crippen LogP contribution in [0.5, 0.6) is 5.75 Å². The van der Waals surface area contributed by atoms with Gasteiger partial charge in [0.2, 0.25) is 0 Å². The molecule has 1 fully saturated rings. The smallest absolute Gasteiger partial charge is 0.253 e. The number of H-pyrrole nitrogens is 1. The Bertz CT molecular complexity index is 966. The Morgan fingerprint density at radius 1 is 1.24 bits per heavy atom. The van der Waals surface area contributed by atoms with Gasteiger partial charge < -0.3 is 15.0 Å². The highest BCUT2D eigenvalue weighted by Gasteiger charge is 2.23. The molecule has 7 nitrogen and oxygen atoms in total. The number of aromatic nitrogens is 3. The first kappa shape index (κ1) is 19.0. The lowest BCUT2D eigenvalue weighted by Gasteiger charge is -2.33. The Labute approximate surface area is 170 Å². The summed E-state index contributed by atoms with van der Waals surface area (Å²) >= 11 is 0. The zero-order valence-corrected chi connectivity index (χ0v) is 16.7. The maximum absolute atomic E-state index is 12.5. The summed E-state index contributed by atoms with van der Waals surface area (Å²) in [6, 6.07) is 13.7. The van der Waals surface area contributed by atoms with Crippen molar-refractivity contribution in [2.75, 3.05) is 25.1 Å². The average molecular weight is 391 g/mol. The Balaban J connectivity index is 1.41. The topological polar surface area (TPSA) is 83.1 Å². The van der Waals surface area contributed by atoms with Crippen molar-refractivity contribution in [3.8, 4) is 17.0 Å². The monoisotopic (exact) mass is 391 g/mol. The lowest BCUT2D eigenvalue weighted by atomic mass is 10.0. The minimum absolute atomic E-state index is 0.0784. The molecule has 1 saturated heterocycles. The molecule has 4 rings (SSSR count). The van der Waals surface area contributed by atoms with Gasteiger partial charge in [0.05, 0.1) is 18.4 Å². The highest BCUT2D eigenvalue weighted by atomic mass is 16.5. The fraction of sp³-hybridized carbons (Fsp3) is 0.318. The fourth-order valence-electron chi connectivity index (χ4n) is 3.57. The quantitative estimate of drug-likeness (QED) is 0.698. The van der Waals surface area contributed by atoms with Gasteiger partial charge in [-0.15, -0.1) is 0 Å². The summed E-state index contributed by atoms with van der Waals surface area (Å²) in [6.45, 7) is 3.56. The summed E-state index contributed by atoms with van der Waals surface area (Å²) < 4.78 is 5.21. The molecule has 0 saturated carbocycles. The van der Waals surface area contributed by atoms with Crippen molar-refractivity contribution in [2.45, 2.75) is 25.8 Å². The molecule has 1 aromatic carbocycles. The molecular formula is C22H25N5O2. The first-order chi connectivity index (χ1) is 14.1. The van der Waals surface area contributed by atoms with E-state index in [-0.39, 0.29) is 11.9 Å². The fourth-order valence-corrected chi connectivity index (χ4v) is 3.57. The molecular weight excluding hydrogens is 366 g/mol. The van der Waals surface area contributed by atoms with E-state index in [2.05, 4.69) is 31.5 Å². The maximum Gasteiger partial charge on any atom is 0.253 e. The van der Waals surface area contributed by atoms with Crippen LogP contribution in [0.15, 0.2) is 48.7 Å². The molecule has 0 aliphatic carbocycles. The third kappa shape index (κ3) is 4.39. The average Bonchev–Trinajstić information content (AvgIpc) is 3.25. The van der Waals surface area contributed by atoms with Gasteiger partial charge in [-0.05, 0) is 61.7 Å². The van der Waals surface area contributed by atoms with Gasteiger partial charge in [-0.1, -0.05) is 0 Å². The van der Waals surface area contributed by atoms with Gasteiger partial charge in [0.15, 0.2) is 5.82 Å². The van der Waals surface area contributed by atoms with Crippen LogP contribution in [0.1, 0.15) is 28.9 Å². The Kier molecular flexibility index (Phi) is 5.46. The molecule has 2 aromatic heterocycles. The van der Waals surface area contributed by atoms with Crippen LogP contribution in [0.25, 0.3) is 11.3 Å². The zero-order valence-electron chi connectivity index (χ0n) is 16.7. The number of pyridine rings is 1. The summed E-state index contributed by atoms with van der Waals surface area (Å²) in [4.78, 5) is 18.9. The predicted molar refractivity (Wildman–Crippen MR) is 112 cm³/mol. The van der Waals surface area contributed by atoms with Crippen molar-refractivity contribution in [2.24, 2.45) is 0 Å². The Morgan fingerprint density at radius 3 is 2.79 bits per heavy atom. The summed E-state index contributed by atoms with van der Waals surface area (Å²) in [5.41, 5.74) is 3.50. The van der Waals surface area contributed by atoms with Crippen LogP contribution in [0.2, 0.25) is 0 Å². The number of carbonyl (C=O) groups is 1. The Morgan fingerprint density at radius 2 is 2.07 bits per heavy atom. The van der Waals surface area contributed by atoms with E-state index in [1.165, 1.54) is 0 Å². The third-order valence-corrected chi connectivity index (χ3v) is 5.22. The molecule has 1 atom stereocenters. The first-order valence-electron chi connectivity index (χ1n) is 9.80. The number of nitrogens with zero attached hydrogens (tertiary/aromatic N) is 3. The van der Waals surface area contributed by atoms with Crippen LogP contribution in [-0.4, -0.2) is 47.3 Å². The zero-order chi connectivity index (χ0) is 20.2. The second-order valence-electron chi connectivity index (χ2n) is 7.32. The molecule has 1 aliphatic heterocycles. The molecule has 2 N–H and O–H groups in total. The number of aromatic amines is 1. The number of anilines is 1. The van der Waals surface area contributed by atoms with Crippen LogP contribution >= 0.6 is 0 Å². The molecule has 3 aromatic rings. The van der Waals surface area contributed by atoms with Gasteiger partial charge in [-0.3, -0.25) is 14.9 Å². The lowest BCUT2D eigenvalue weighted by molar-refractivity contribution is 0.0932. The molecule has 0 spiro atoms. The number of benzene rings is 1. The van der Waals surface area contributed by atoms with Crippen LogP contribution in [0.4, 0.5) is 5.82 Å². The number of aryl methyl sites for hydroxylation is 1. The lowest BCUT2D eigenvalue weighted by Crippen LogP contribution is -2.48. The number of ether oxygens (including phenoxy) is 1. The second kappa shape index (κ2) is 8.34. The largest absolute Gasteiger partial charge is 0.497 e. The number of rotatable bonds is 5. The van der Waals surface area contributed by atoms with Crippen LogP contribution in [0, 0.1) is 6.92 Å². The molecule has 0 unspecified atom stereocenters. The van der Waals surface area contributed by atoms with E-state index in [4.69, 9.17) is 4.74 Å². The van der Waals surface area contributed by atoms with E-state index in [1.54, 1.807) is 13.3 Å². The normalized spacial score (nSPS) is 16.5. The number of nitrogens with one attached hydrogen (secondary N) is 2. The summed E-state index contributed by atoms with van der Waals surface area (Å²) in [7, 11) is 1.66. The van der Waals surface area contributed by atoms with E-state index in [1.807, 2.05) is 43.3 Å². The highest BCUT2D eigenvalue weighted by molar-refractivity contribution is 5.94. The molecule has 1 aliphatic rings. The van der Waals surface area contributed by atoms with Gasteiger partial charge >= 0.3 is 0 Å². The van der Waals surface area contributed by atoms with E-state index in [9.17, 15) is 4.79 Å². The Hall–Kier alpha value is -3.35. The van der Waals surface area contributed by atoms with Crippen molar-refractivity contribution in [1.82, 2.24) is 20.5 Å². The van der Waals surface area contributed by atoms with Gasteiger partial charge in [-0.25, -0.2) is 0 Å². The van der Waals surface area contributed by atoms with Gasteiger partial charge in [0.1, 0.15) is 5.75 Å². The number of hydrogen-bond donors (Lipinski definition) is 2. The number of hydrogen-bond acceptors (Lipinski definition) is 5. The van der Waals surface area contributed by atoms with E-state index in [0.717, 1.165) is 54.4 Å². The number of methoxy groups -OCH3 is 1. The van der Waals surface area contributed by atoms with Gasteiger partial charge in [-0.2, -0.15) is 5.10 Å². The highest BCUT2D eigenvalue weighted by Crippen LogP contribution is 2.25. The van der Waals surface area contributed by atoms with Crippen molar-refractivity contribution in [3.63, 3.8) is 0 Å². The first-order valence-corrected chi connectivity index (χ1v) is 9.80. The van der Waals surface area contributed by atoms with E-state index < -0.39 is 0 Å². The molecule has 7 heteroatoms. The maximum atomic E-state index is 12.5. The summed E-state index contributed by atoms with van der Waals surface area (Å²) in [5, 5.41) is 10.7. The third-order valence-electron chi connectivity index (χ3n) is 5.22. The van der Waals surface area contributed by atoms with Crippen molar-refractivity contribution in [3.05, 3.63) is 59.9 Å². The van der Waals surface area contributed by atoms with Crippen molar-refractivity contribution < 1.29 is 9.53 Å². The minimum Gasteiger partial charge on any atom is -0.497 e. The molecule has 0 bridgehead atoms. The van der Waals surface area contributed by atoms with Gasteiger partial charge in [0.25, 0.3) is 5.91 Å². The minimum atomic E-state index is -0.0784. The number of piperidine rings is 1. The van der Waals surface area contributed by atoms with Crippen LogP contribution in [0.3, 0.4) is 0 Å². The van der Waals surface area contributed by atoms with Gasteiger partial charge in [0, 0.05) is 37.1 Å². The van der Waals surface area contributed by atoms with Crippen molar-refractivity contribution >= 4 is 11.7 Å². The SMILES string of the molecule is COc1ccc(-c2cc(N3CCC[C@@H](NC(=O)c4ccc(C)nc4)C3)n[nH]2)cc1. The van der Waals surface area contributed by atoms with E-state index in [0.29, 0.717) is 5.56 Å². The standard InChI is InChI=1S/C22H25N5O2/c1-15-5-6-17(13-23-15)22(28)24-18-4-3-11-27(14-18)21-12-20(25-26-21)16-7-9-19(29-2)10-8-16/h5-10,12-13,18H,3-4,11,14H2,1-2H3,(H,24,28)(H,25,26)/t18-/m1/s1. The summed E-state index contributed by atoms with van der Waals surface area (Å²) in [6.07, 6.45) is 3.58. The number of carbonyl (C=O) groups excluding carboxylic acids is 1. The molecule has 29 heavy (non-hydrogen) atoms. The molecule has 3 heterocycles. The van der Waals surface area contributed by atoms with E-state index >= 15 is 0 Å². The molecule has 0 radical (unpaired) electrons. The van der Waals surface area contributed by atoms with Crippen molar-refractivity contribution in [1.29, 1.82) is 0 Å².